The van der Waals surface area contributed by atoms with E-state index in [1.54, 1.807) is 16.7 Å². The molecule has 20 heavy (non-hydrogen) atoms. The van der Waals surface area contributed by atoms with Crippen molar-refractivity contribution in [1.29, 1.82) is 0 Å². The SMILES string of the molecule is CN(Cc1cc(=O)n2ccsc2n1)CC1CCCCN1. The molecule has 1 aliphatic heterocycles. The molecule has 108 valence electrons. The van der Waals surface area contributed by atoms with Gasteiger partial charge in [-0.05, 0) is 26.4 Å². The van der Waals surface area contributed by atoms with Crippen LogP contribution in [0.15, 0.2) is 22.4 Å². The van der Waals surface area contributed by atoms with E-state index in [1.165, 1.54) is 30.6 Å². The van der Waals surface area contributed by atoms with E-state index in [0.29, 0.717) is 6.04 Å². The van der Waals surface area contributed by atoms with Gasteiger partial charge < -0.3 is 5.32 Å². The molecule has 0 aromatic carbocycles. The monoisotopic (exact) mass is 292 g/mol. The molecule has 1 aliphatic rings. The van der Waals surface area contributed by atoms with Gasteiger partial charge in [-0.3, -0.25) is 14.1 Å². The van der Waals surface area contributed by atoms with Crippen LogP contribution >= 0.6 is 11.3 Å². The molecule has 0 radical (unpaired) electrons. The number of aromatic nitrogens is 2. The van der Waals surface area contributed by atoms with Gasteiger partial charge in [-0.25, -0.2) is 4.98 Å². The van der Waals surface area contributed by atoms with Gasteiger partial charge in [0.2, 0.25) is 0 Å². The molecule has 0 spiro atoms. The third-order valence-electron chi connectivity index (χ3n) is 3.73. The summed E-state index contributed by atoms with van der Waals surface area (Å²) in [6, 6.07) is 2.21. The van der Waals surface area contributed by atoms with E-state index < -0.39 is 0 Å². The van der Waals surface area contributed by atoms with Gasteiger partial charge >= 0.3 is 0 Å². The van der Waals surface area contributed by atoms with Crippen LogP contribution in [0.2, 0.25) is 0 Å². The minimum Gasteiger partial charge on any atom is -0.313 e. The summed E-state index contributed by atoms with van der Waals surface area (Å²) in [5.41, 5.74) is 0.867. The van der Waals surface area contributed by atoms with Crippen molar-refractivity contribution in [3.63, 3.8) is 0 Å². The van der Waals surface area contributed by atoms with Crippen molar-refractivity contribution in [2.75, 3.05) is 20.1 Å². The molecule has 0 aliphatic carbocycles. The number of likely N-dealkylation sites (N-methyl/N-ethyl adjacent to an activating group) is 1. The standard InChI is InChI=1S/C14H20N4OS/c1-17(9-11-4-2-3-5-15-11)10-12-8-13(19)18-6-7-20-14(18)16-12/h6-8,11,15H,2-5,9-10H2,1H3. The van der Waals surface area contributed by atoms with Gasteiger partial charge in [-0.2, -0.15) is 0 Å². The zero-order valence-electron chi connectivity index (χ0n) is 11.7. The maximum absolute atomic E-state index is 11.9. The molecular formula is C14H20N4OS. The minimum absolute atomic E-state index is 0.00967. The fraction of sp³-hybridized carbons (Fsp3) is 0.571. The summed E-state index contributed by atoms with van der Waals surface area (Å²) in [5.74, 6) is 0. The molecule has 1 N–H and O–H groups in total. The van der Waals surface area contributed by atoms with Crippen molar-refractivity contribution in [3.8, 4) is 0 Å². The van der Waals surface area contributed by atoms with Crippen molar-refractivity contribution >= 4 is 16.3 Å². The van der Waals surface area contributed by atoms with Gasteiger partial charge in [-0.15, -0.1) is 11.3 Å². The van der Waals surface area contributed by atoms with Gasteiger partial charge in [0, 0.05) is 36.8 Å². The lowest BCUT2D eigenvalue weighted by molar-refractivity contribution is 0.254. The van der Waals surface area contributed by atoms with E-state index in [-0.39, 0.29) is 5.56 Å². The van der Waals surface area contributed by atoms with Crippen LogP contribution in [0.1, 0.15) is 25.0 Å². The van der Waals surface area contributed by atoms with Crippen LogP contribution in [-0.2, 0) is 6.54 Å². The Morgan fingerprint density at radius 2 is 2.45 bits per heavy atom. The summed E-state index contributed by atoms with van der Waals surface area (Å²) < 4.78 is 1.59. The number of fused-ring (bicyclic) bond motifs is 1. The summed E-state index contributed by atoms with van der Waals surface area (Å²) in [6.45, 7) is 2.85. The predicted molar refractivity (Wildman–Crippen MR) is 81.3 cm³/mol. The summed E-state index contributed by atoms with van der Waals surface area (Å²) in [5, 5.41) is 5.44. The highest BCUT2D eigenvalue weighted by molar-refractivity contribution is 7.15. The molecule has 0 saturated carbocycles. The number of piperidine rings is 1. The summed E-state index contributed by atoms with van der Waals surface area (Å²) in [4.78, 5) is 19.5. The quantitative estimate of drug-likeness (QED) is 0.923. The maximum Gasteiger partial charge on any atom is 0.258 e. The third kappa shape index (κ3) is 3.08. The lowest BCUT2D eigenvalue weighted by Crippen LogP contribution is -2.42. The highest BCUT2D eigenvalue weighted by atomic mass is 32.1. The van der Waals surface area contributed by atoms with Crippen LogP contribution in [0.4, 0.5) is 0 Å². The van der Waals surface area contributed by atoms with Crippen molar-refractivity contribution in [3.05, 3.63) is 33.7 Å². The number of nitrogens with zero attached hydrogens (tertiary/aromatic N) is 3. The lowest BCUT2D eigenvalue weighted by atomic mass is 10.0. The van der Waals surface area contributed by atoms with Crippen LogP contribution in [0.3, 0.4) is 0 Å². The molecule has 5 nitrogen and oxygen atoms in total. The Hall–Kier alpha value is -1.24. The van der Waals surface area contributed by atoms with Crippen molar-refractivity contribution in [2.24, 2.45) is 0 Å². The molecule has 2 aromatic rings. The predicted octanol–water partition coefficient (Wildman–Crippen LogP) is 1.33. The van der Waals surface area contributed by atoms with Crippen LogP contribution in [0.25, 0.3) is 4.96 Å². The second-order valence-electron chi connectivity index (χ2n) is 5.48. The normalized spacial score (nSPS) is 19.8. The summed E-state index contributed by atoms with van der Waals surface area (Å²) in [7, 11) is 2.09. The summed E-state index contributed by atoms with van der Waals surface area (Å²) in [6.07, 6.45) is 5.61. The highest BCUT2D eigenvalue weighted by Crippen LogP contribution is 2.10. The molecule has 1 unspecified atom stereocenters. The van der Waals surface area contributed by atoms with E-state index in [1.807, 2.05) is 5.38 Å². The Bertz CT molecular complexity index is 629. The summed E-state index contributed by atoms with van der Waals surface area (Å²) >= 11 is 1.50. The number of hydrogen-bond acceptors (Lipinski definition) is 5. The molecule has 1 saturated heterocycles. The lowest BCUT2D eigenvalue weighted by Gasteiger charge is -2.27. The number of rotatable bonds is 4. The fourth-order valence-corrected chi connectivity index (χ4v) is 3.50. The second-order valence-corrected chi connectivity index (χ2v) is 6.36. The first-order chi connectivity index (χ1) is 9.72. The zero-order chi connectivity index (χ0) is 13.9. The molecule has 3 rings (SSSR count). The first-order valence-corrected chi connectivity index (χ1v) is 7.98. The van der Waals surface area contributed by atoms with Crippen molar-refractivity contribution in [2.45, 2.75) is 31.8 Å². The van der Waals surface area contributed by atoms with Gasteiger partial charge in [0.25, 0.3) is 5.56 Å². The first kappa shape index (κ1) is 13.7. The fourth-order valence-electron chi connectivity index (χ4n) is 2.77. The zero-order valence-corrected chi connectivity index (χ0v) is 12.5. The van der Waals surface area contributed by atoms with Crippen molar-refractivity contribution < 1.29 is 0 Å². The van der Waals surface area contributed by atoms with Gasteiger partial charge in [-0.1, -0.05) is 6.42 Å². The Labute approximate surface area is 122 Å². The maximum atomic E-state index is 11.9. The van der Waals surface area contributed by atoms with E-state index in [2.05, 4.69) is 22.2 Å². The highest BCUT2D eigenvalue weighted by Gasteiger charge is 2.15. The Kier molecular flexibility index (Phi) is 4.14. The molecule has 0 bridgehead atoms. The van der Waals surface area contributed by atoms with Crippen LogP contribution in [-0.4, -0.2) is 40.5 Å². The molecule has 1 fully saturated rings. The van der Waals surface area contributed by atoms with Crippen molar-refractivity contribution in [1.82, 2.24) is 19.6 Å². The Balaban J connectivity index is 1.67. The van der Waals surface area contributed by atoms with Gasteiger partial charge in [0.15, 0.2) is 4.96 Å². The van der Waals surface area contributed by atoms with Crippen LogP contribution in [0, 0.1) is 0 Å². The number of nitrogens with one attached hydrogen (secondary N) is 1. The average molecular weight is 292 g/mol. The molecule has 3 heterocycles. The van der Waals surface area contributed by atoms with E-state index in [9.17, 15) is 4.79 Å². The second kappa shape index (κ2) is 6.03. The largest absolute Gasteiger partial charge is 0.313 e. The van der Waals surface area contributed by atoms with E-state index >= 15 is 0 Å². The molecule has 1 atom stereocenters. The van der Waals surface area contributed by atoms with E-state index in [0.717, 1.165) is 30.3 Å². The third-order valence-corrected chi connectivity index (χ3v) is 4.49. The van der Waals surface area contributed by atoms with Crippen LogP contribution < -0.4 is 10.9 Å². The minimum atomic E-state index is 0.00967. The Morgan fingerprint density at radius 3 is 3.25 bits per heavy atom. The number of thiazole rings is 1. The molecular weight excluding hydrogens is 272 g/mol. The smallest absolute Gasteiger partial charge is 0.258 e. The van der Waals surface area contributed by atoms with Crippen LogP contribution in [0.5, 0.6) is 0 Å². The van der Waals surface area contributed by atoms with E-state index in [4.69, 9.17) is 0 Å². The molecule has 2 aromatic heterocycles. The first-order valence-electron chi connectivity index (χ1n) is 7.10. The van der Waals surface area contributed by atoms with Gasteiger partial charge in [0.1, 0.15) is 0 Å². The topological polar surface area (TPSA) is 49.6 Å². The molecule has 0 amide bonds. The molecule has 6 heteroatoms. The number of hydrogen-bond donors (Lipinski definition) is 1. The average Bonchev–Trinajstić information content (AvgIpc) is 2.88. The Morgan fingerprint density at radius 1 is 1.55 bits per heavy atom. The van der Waals surface area contributed by atoms with Gasteiger partial charge in [0.05, 0.1) is 5.69 Å².